The molecular weight excluding hydrogens is 220 g/mol. The first kappa shape index (κ1) is 10.3. The summed E-state index contributed by atoms with van der Waals surface area (Å²) in [5, 5.41) is 11.4. The molecule has 0 amide bonds. The van der Waals surface area contributed by atoms with Gasteiger partial charge in [0.2, 0.25) is 0 Å². The van der Waals surface area contributed by atoms with Crippen LogP contribution in [-0.2, 0) is 24.1 Å². The molecular formula is C13H16O2S. The second-order valence-electron chi connectivity index (χ2n) is 5.13. The molecule has 0 bridgehead atoms. The Labute approximate surface area is 99.3 Å². The Bertz CT molecular complexity index is 429. The molecule has 0 spiro atoms. The number of aryl methyl sites for hydroxylation is 1. The summed E-state index contributed by atoms with van der Waals surface area (Å²) in [5.41, 5.74) is 2.43. The maximum Gasteiger partial charge on any atom is 0.309 e. The molecule has 1 heterocycles. The van der Waals surface area contributed by atoms with Crippen LogP contribution in [0.15, 0.2) is 5.38 Å². The maximum absolute atomic E-state index is 11.2. The Kier molecular flexibility index (Phi) is 2.32. The summed E-state index contributed by atoms with van der Waals surface area (Å²) < 4.78 is 0. The topological polar surface area (TPSA) is 37.3 Å². The van der Waals surface area contributed by atoms with Crippen LogP contribution in [0.4, 0.5) is 0 Å². The number of rotatable bonds is 3. The average molecular weight is 236 g/mol. The molecule has 0 aromatic carbocycles. The summed E-state index contributed by atoms with van der Waals surface area (Å²) in [6.45, 7) is 0. The lowest BCUT2D eigenvalue weighted by Gasteiger charge is -2.15. The fourth-order valence-electron chi connectivity index (χ4n) is 2.69. The highest BCUT2D eigenvalue weighted by Gasteiger charge is 2.50. The smallest absolute Gasteiger partial charge is 0.309 e. The summed E-state index contributed by atoms with van der Waals surface area (Å²) in [7, 11) is 0. The van der Waals surface area contributed by atoms with Crippen LogP contribution in [-0.4, -0.2) is 11.1 Å². The van der Waals surface area contributed by atoms with Crippen molar-refractivity contribution in [3.8, 4) is 0 Å². The number of carbonyl (C=O) groups is 1. The Morgan fingerprint density at radius 1 is 1.38 bits per heavy atom. The largest absolute Gasteiger partial charge is 0.481 e. The molecule has 86 valence electrons. The monoisotopic (exact) mass is 236 g/mol. The van der Waals surface area contributed by atoms with Gasteiger partial charge in [-0.25, -0.2) is 0 Å². The molecule has 0 radical (unpaired) electrons. The predicted octanol–water partition coefficient (Wildman–Crippen LogP) is 3.03. The highest BCUT2D eigenvalue weighted by atomic mass is 32.1. The van der Waals surface area contributed by atoms with E-state index in [1.165, 1.54) is 41.7 Å². The van der Waals surface area contributed by atoms with Gasteiger partial charge in [0.1, 0.15) is 0 Å². The molecule has 1 aromatic rings. The van der Waals surface area contributed by atoms with E-state index in [4.69, 9.17) is 0 Å². The van der Waals surface area contributed by atoms with Gasteiger partial charge in [-0.15, -0.1) is 11.3 Å². The normalized spacial score (nSPS) is 21.5. The average Bonchev–Trinajstić information content (AvgIpc) is 2.96. The van der Waals surface area contributed by atoms with Gasteiger partial charge in [-0.3, -0.25) is 4.79 Å². The minimum absolute atomic E-state index is 0.397. The number of thiophene rings is 1. The lowest BCUT2D eigenvalue weighted by Crippen LogP contribution is -2.18. The van der Waals surface area contributed by atoms with Crippen molar-refractivity contribution in [3.63, 3.8) is 0 Å². The summed E-state index contributed by atoms with van der Waals surface area (Å²) >= 11 is 1.84. The third-order valence-electron chi connectivity index (χ3n) is 3.98. The predicted molar refractivity (Wildman–Crippen MR) is 64.0 cm³/mol. The molecule has 1 aromatic heterocycles. The Balaban J connectivity index is 1.85. The molecule has 0 saturated heterocycles. The fraction of sp³-hybridized carbons (Fsp3) is 0.615. The Hall–Kier alpha value is -0.830. The summed E-state index contributed by atoms with van der Waals surface area (Å²) in [4.78, 5) is 12.7. The van der Waals surface area contributed by atoms with Crippen LogP contribution in [0, 0.1) is 5.41 Å². The van der Waals surface area contributed by atoms with Crippen LogP contribution < -0.4 is 0 Å². The van der Waals surface area contributed by atoms with Crippen LogP contribution in [0.2, 0.25) is 0 Å². The summed E-state index contributed by atoms with van der Waals surface area (Å²) in [5.74, 6) is -0.594. The molecule has 0 aliphatic heterocycles. The first-order valence-corrected chi connectivity index (χ1v) is 6.91. The van der Waals surface area contributed by atoms with Crippen molar-refractivity contribution in [2.75, 3.05) is 0 Å². The zero-order valence-corrected chi connectivity index (χ0v) is 10.1. The van der Waals surface area contributed by atoms with Gasteiger partial charge >= 0.3 is 5.97 Å². The zero-order valence-electron chi connectivity index (χ0n) is 9.29. The molecule has 2 aliphatic carbocycles. The van der Waals surface area contributed by atoms with Gasteiger partial charge in [-0.1, -0.05) is 0 Å². The minimum atomic E-state index is -0.594. The Morgan fingerprint density at radius 2 is 2.12 bits per heavy atom. The number of hydrogen-bond donors (Lipinski definition) is 1. The van der Waals surface area contributed by atoms with E-state index >= 15 is 0 Å². The minimum Gasteiger partial charge on any atom is -0.481 e. The maximum atomic E-state index is 11.2. The fourth-order valence-corrected chi connectivity index (χ4v) is 3.84. The van der Waals surface area contributed by atoms with Gasteiger partial charge in [-0.05, 0) is 61.5 Å². The molecule has 16 heavy (non-hydrogen) atoms. The standard InChI is InChI=1S/C13H16O2S/c14-12(15)13(5-6-13)7-9-8-16-11-4-2-1-3-10(9)11/h8H,1-7H2,(H,14,15). The van der Waals surface area contributed by atoms with Crippen molar-refractivity contribution < 1.29 is 9.90 Å². The summed E-state index contributed by atoms with van der Waals surface area (Å²) in [6.07, 6.45) is 7.46. The van der Waals surface area contributed by atoms with Crippen molar-refractivity contribution in [2.45, 2.75) is 44.9 Å². The van der Waals surface area contributed by atoms with Gasteiger partial charge in [0.05, 0.1) is 5.41 Å². The number of hydrogen-bond acceptors (Lipinski definition) is 2. The van der Waals surface area contributed by atoms with E-state index in [2.05, 4.69) is 5.38 Å². The lowest BCUT2D eigenvalue weighted by molar-refractivity contribution is -0.143. The first-order valence-electron chi connectivity index (χ1n) is 6.03. The molecule has 3 rings (SSSR count). The number of aliphatic carboxylic acids is 1. The van der Waals surface area contributed by atoms with Gasteiger partial charge in [-0.2, -0.15) is 0 Å². The second kappa shape index (κ2) is 3.59. The van der Waals surface area contributed by atoms with Crippen LogP contribution >= 0.6 is 11.3 Å². The number of fused-ring (bicyclic) bond motifs is 1. The van der Waals surface area contributed by atoms with E-state index in [0.717, 1.165) is 19.3 Å². The highest BCUT2D eigenvalue weighted by Crippen LogP contribution is 2.50. The van der Waals surface area contributed by atoms with E-state index in [1.807, 2.05) is 11.3 Å². The number of carboxylic acid groups (broad SMARTS) is 1. The quantitative estimate of drug-likeness (QED) is 0.876. The third-order valence-corrected chi connectivity index (χ3v) is 5.12. The third kappa shape index (κ3) is 1.58. The highest BCUT2D eigenvalue weighted by molar-refractivity contribution is 7.10. The second-order valence-corrected chi connectivity index (χ2v) is 6.10. The van der Waals surface area contributed by atoms with Gasteiger partial charge in [0.15, 0.2) is 0 Å². The van der Waals surface area contributed by atoms with Gasteiger partial charge < -0.3 is 5.11 Å². The molecule has 2 aliphatic rings. The van der Waals surface area contributed by atoms with Gasteiger partial charge in [0.25, 0.3) is 0 Å². The zero-order chi connectivity index (χ0) is 11.2. The van der Waals surface area contributed by atoms with E-state index in [0.29, 0.717) is 0 Å². The van der Waals surface area contributed by atoms with Crippen molar-refractivity contribution in [2.24, 2.45) is 5.41 Å². The molecule has 0 unspecified atom stereocenters. The van der Waals surface area contributed by atoms with Crippen molar-refractivity contribution in [1.82, 2.24) is 0 Å². The lowest BCUT2D eigenvalue weighted by atomic mass is 9.90. The number of carboxylic acids is 1. The van der Waals surface area contributed by atoms with Crippen LogP contribution in [0.5, 0.6) is 0 Å². The van der Waals surface area contributed by atoms with Crippen LogP contribution in [0.25, 0.3) is 0 Å². The van der Waals surface area contributed by atoms with E-state index in [9.17, 15) is 9.90 Å². The molecule has 1 saturated carbocycles. The molecule has 2 nitrogen and oxygen atoms in total. The van der Waals surface area contributed by atoms with Crippen molar-refractivity contribution >= 4 is 17.3 Å². The van der Waals surface area contributed by atoms with Gasteiger partial charge in [0, 0.05) is 4.88 Å². The molecule has 3 heteroatoms. The van der Waals surface area contributed by atoms with E-state index in [1.54, 1.807) is 0 Å². The first-order chi connectivity index (χ1) is 7.71. The molecule has 1 N–H and O–H groups in total. The summed E-state index contributed by atoms with van der Waals surface area (Å²) in [6, 6.07) is 0. The van der Waals surface area contributed by atoms with Crippen LogP contribution in [0.1, 0.15) is 41.7 Å². The molecule has 0 atom stereocenters. The SMILES string of the molecule is O=C(O)C1(Cc2csc3c2CCCC3)CC1. The molecule has 1 fully saturated rings. The van der Waals surface area contributed by atoms with Crippen molar-refractivity contribution in [3.05, 3.63) is 21.4 Å². The van der Waals surface area contributed by atoms with Crippen molar-refractivity contribution in [1.29, 1.82) is 0 Å². The van der Waals surface area contributed by atoms with E-state index < -0.39 is 11.4 Å². The Morgan fingerprint density at radius 3 is 2.81 bits per heavy atom. The van der Waals surface area contributed by atoms with Crippen LogP contribution in [0.3, 0.4) is 0 Å². The van der Waals surface area contributed by atoms with E-state index in [-0.39, 0.29) is 0 Å².